The summed E-state index contributed by atoms with van der Waals surface area (Å²) >= 11 is 0. The zero-order valence-electron chi connectivity index (χ0n) is 18.9. The van der Waals surface area contributed by atoms with Crippen molar-refractivity contribution >= 4 is 0 Å². The molecule has 1 nitrogen and oxygen atoms in total. The fourth-order valence-electron chi connectivity index (χ4n) is 4.82. The largest absolute Gasteiger partial charge is 0.380 e. The van der Waals surface area contributed by atoms with Crippen molar-refractivity contribution in [3.05, 3.63) is 96.1 Å². The summed E-state index contributed by atoms with van der Waals surface area (Å²) in [4.78, 5) is 0. The Kier molecular flexibility index (Phi) is 7.38. The summed E-state index contributed by atoms with van der Waals surface area (Å²) in [5.74, 6) is 1.63. The van der Waals surface area contributed by atoms with Gasteiger partial charge < -0.3 is 4.74 Å². The summed E-state index contributed by atoms with van der Waals surface area (Å²) in [6.07, 6.45) is 11.2. The molecule has 1 aliphatic carbocycles. The molecule has 3 aromatic carbocycles. The fraction of sp³-hybridized carbons (Fsp3) is 0.333. The number of benzene rings is 3. The Balaban J connectivity index is 1.39. The van der Waals surface area contributed by atoms with Crippen LogP contribution in [0.1, 0.15) is 56.1 Å². The van der Waals surface area contributed by atoms with Gasteiger partial charge in [0.05, 0.1) is 6.61 Å². The molecular weight excluding hydrogens is 376 g/mol. The molecule has 31 heavy (non-hydrogen) atoms. The van der Waals surface area contributed by atoms with Gasteiger partial charge in [0.1, 0.15) is 0 Å². The molecule has 1 heteroatoms. The molecule has 160 valence electrons. The average molecular weight is 411 g/mol. The van der Waals surface area contributed by atoms with Crippen molar-refractivity contribution < 1.29 is 4.74 Å². The van der Waals surface area contributed by atoms with Gasteiger partial charge in [-0.3, -0.25) is 0 Å². The molecule has 0 N–H and O–H groups in total. The summed E-state index contributed by atoms with van der Waals surface area (Å²) in [5, 5.41) is 0. The fourth-order valence-corrected chi connectivity index (χ4v) is 4.82. The maximum atomic E-state index is 5.20. The standard InChI is InChI=1S/C30H34O/c1-3-4-5-23-6-10-25(11-7-23)27-14-18-29(19-15-27)30-20-16-28(17-21-30)26-12-8-24(9-13-26)22-31-2/h3-4,8-9,12-21,23,25H,5-7,10-11,22H2,1-2H3. The second-order valence-electron chi connectivity index (χ2n) is 8.85. The third kappa shape index (κ3) is 5.54. The Hall–Kier alpha value is -2.64. The maximum Gasteiger partial charge on any atom is 0.0713 e. The molecule has 1 aliphatic rings. The van der Waals surface area contributed by atoms with E-state index in [9.17, 15) is 0 Å². The van der Waals surface area contributed by atoms with Gasteiger partial charge in [0, 0.05) is 7.11 Å². The highest BCUT2D eigenvalue weighted by Crippen LogP contribution is 2.38. The van der Waals surface area contributed by atoms with Gasteiger partial charge in [-0.1, -0.05) is 84.9 Å². The zero-order chi connectivity index (χ0) is 21.5. The molecule has 4 rings (SSSR count). The number of rotatable bonds is 7. The Morgan fingerprint density at radius 2 is 1.19 bits per heavy atom. The number of ether oxygens (including phenoxy) is 1. The maximum absolute atomic E-state index is 5.20. The van der Waals surface area contributed by atoms with Gasteiger partial charge in [-0.25, -0.2) is 0 Å². The van der Waals surface area contributed by atoms with E-state index in [1.165, 1.54) is 65.5 Å². The summed E-state index contributed by atoms with van der Waals surface area (Å²) in [7, 11) is 1.73. The zero-order valence-corrected chi connectivity index (χ0v) is 18.9. The molecule has 0 heterocycles. The summed E-state index contributed by atoms with van der Waals surface area (Å²) in [6, 6.07) is 26.9. The predicted molar refractivity (Wildman–Crippen MR) is 132 cm³/mol. The van der Waals surface area contributed by atoms with E-state index in [4.69, 9.17) is 4.74 Å². The first-order chi connectivity index (χ1) is 15.3. The van der Waals surface area contributed by atoms with E-state index < -0.39 is 0 Å². The van der Waals surface area contributed by atoms with Crippen molar-refractivity contribution in [2.24, 2.45) is 5.92 Å². The number of hydrogen-bond acceptors (Lipinski definition) is 1. The first kappa shape index (κ1) is 21.6. The Labute approximate surface area is 187 Å². The van der Waals surface area contributed by atoms with Crippen molar-refractivity contribution in [2.45, 2.75) is 51.6 Å². The minimum absolute atomic E-state index is 0.660. The van der Waals surface area contributed by atoms with Crippen LogP contribution in [-0.2, 0) is 11.3 Å². The minimum atomic E-state index is 0.660. The van der Waals surface area contributed by atoms with Crippen LogP contribution < -0.4 is 0 Å². The van der Waals surface area contributed by atoms with Crippen molar-refractivity contribution in [1.29, 1.82) is 0 Å². The molecule has 0 aromatic heterocycles. The highest BCUT2D eigenvalue weighted by atomic mass is 16.5. The van der Waals surface area contributed by atoms with Crippen molar-refractivity contribution in [3.63, 3.8) is 0 Å². The molecule has 0 bridgehead atoms. The Bertz CT molecular complexity index is 956. The molecule has 0 atom stereocenters. The minimum Gasteiger partial charge on any atom is -0.380 e. The molecule has 0 aliphatic heterocycles. The molecular formula is C30H34O. The van der Waals surface area contributed by atoms with Gasteiger partial charge in [0.15, 0.2) is 0 Å². The third-order valence-electron chi connectivity index (χ3n) is 6.75. The van der Waals surface area contributed by atoms with E-state index in [1.54, 1.807) is 7.11 Å². The second-order valence-corrected chi connectivity index (χ2v) is 8.85. The van der Waals surface area contributed by atoms with E-state index in [1.807, 2.05) is 0 Å². The molecule has 1 fully saturated rings. The summed E-state index contributed by atoms with van der Waals surface area (Å²) in [6.45, 7) is 2.79. The first-order valence-corrected chi connectivity index (χ1v) is 11.7. The van der Waals surface area contributed by atoms with Crippen LogP contribution in [0.2, 0.25) is 0 Å². The van der Waals surface area contributed by atoms with Crippen LogP contribution in [0.25, 0.3) is 22.3 Å². The van der Waals surface area contributed by atoms with E-state index in [0.29, 0.717) is 6.61 Å². The van der Waals surface area contributed by atoms with Crippen LogP contribution in [0.4, 0.5) is 0 Å². The van der Waals surface area contributed by atoms with Crippen molar-refractivity contribution in [3.8, 4) is 22.3 Å². The van der Waals surface area contributed by atoms with E-state index in [-0.39, 0.29) is 0 Å². The summed E-state index contributed by atoms with van der Waals surface area (Å²) < 4.78 is 5.20. The topological polar surface area (TPSA) is 9.23 Å². The highest BCUT2D eigenvalue weighted by Gasteiger charge is 2.21. The molecule has 0 saturated heterocycles. The number of allylic oxidation sites excluding steroid dienone is 2. The van der Waals surface area contributed by atoms with Crippen molar-refractivity contribution in [2.75, 3.05) is 7.11 Å². The second kappa shape index (κ2) is 10.6. The molecule has 0 spiro atoms. The molecule has 3 aromatic rings. The monoisotopic (exact) mass is 410 g/mol. The lowest BCUT2D eigenvalue weighted by Gasteiger charge is -2.28. The van der Waals surface area contributed by atoms with E-state index in [0.717, 1.165) is 11.8 Å². The first-order valence-electron chi connectivity index (χ1n) is 11.7. The molecule has 1 saturated carbocycles. The smallest absolute Gasteiger partial charge is 0.0713 e. The quantitative estimate of drug-likeness (QED) is 0.355. The van der Waals surface area contributed by atoms with Gasteiger partial charge >= 0.3 is 0 Å². The molecule has 0 radical (unpaired) electrons. The Morgan fingerprint density at radius 1 is 0.710 bits per heavy atom. The van der Waals surface area contributed by atoms with Crippen LogP contribution in [-0.4, -0.2) is 7.11 Å². The molecule has 0 unspecified atom stereocenters. The average Bonchev–Trinajstić information content (AvgIpc) is 2.84. The van der Waals surface area contributed by atoms with Gasteiger partial charge in [0.2, 0.25) is 0 Å². The van der Waals surface area contributed by atoms with Crippen LogP contribution in [0.15, 0.2) is 84.9 Å². The summed E-state index contributed by atoms with van der Waals surface area (Å²) in [5.41, 5.74) is 7.79. The lowest BCUT2D eigenvalue weighted by atomic mass is 9.77. The lowest BCUT2D eigenvalue weighted by molar-refractivity contribution is 0.185. The SMILES string of the molecule is CC=CCC1CCC(c2ccc(-c3ccc(-c4ccc(COC)cc4)cc3)cc2)CC1. The van der Waals surface area contributed by atoms with Crippen LogP contribution in [0.3, 0.4) is 0 Å². The number of methoxy groups -OCH3 is 1. The van der Waals surface area contributed by atoms with Crippen LogP contribution in [0.5, 0.6) is 0 Å². The van der Waals surface area contributed by atoms with Gasteiger partial charge in [0.25, 0.3) is 0 Å². The van der Waals surface area contributed by atoms with Crippen LogP contribution >= 0.6 is 0 Å². The Morgan fingerprint density at radius 3 is 1.68 bits per heavy atom. The van der Waals surface area contributed by atoms with E-state index >= 15 is 0 Å². The normalized spacial score (nSPS) is 19.0. The third-order valence-corrected chi connectivity index (χ3v) is 6.75. The predicted octanol–water partition coefficient (Wildman–Crippen LogP) is 8.41. The van der Waals surface area contributed by atoms with Crippen LogP contribution in [0, 0.1) is 5.92 Å². The van der Waals surface area contributed by atoms with E-state index in [2.05, 4.69) is 91.9 Å². The highest BCUT2D eigenvalue weighted by molar-refractivity contribution is 5.70. The van der Waals surface area contributed by atoms with Gasteiger partial charge in [-0.15, -0.1) is 0 Å². The molecule has 0 amide bonds. The van der Waals surface area contributed by atoms with Gasteiger partial charge in [-0.05, 0) is 84.2 Å². The lowest BCUT2D eigenvalue weighted by Crippen LogP contribution is -2.12. The van der Waals surface area contributed by atoms with Crippen molar-refractivity contribution in [1.82, 2.24) is 0 Å². The van der Waals surface area contributed by atoms with Gasteiger partial charge in [-0.2, -0.15) is 0 Å². The number of hydrogen-bond donors (Lipinski definition) is 0.